The third-order valence-electron chi connectivity index (χ3n) is 1.95. The first-order valence-electron chi connectivity index (χ1n) is 4.97. The molecule has 0 unspecified atom stereocenters. The van der Waals surface area contributed by atoms with Crippen LogP contribution in [0.2, 0.25) is 0 Å². The number of hydrogen-bond donors (Lipinski definition) is 2. The van der Waals surface area contributed by atoms with Crippen LogP contribution in [0.25, 0.3) is 0 Å². The van der Waals surface area contributed by atoms with Crippen LogP contribution >= 0.6 is 0 Å². The Morgan fingerprint density at radius 2 is 1.58 bits per heavy atom. The van der Waals surface area contributed by atoms with Gasteiger partial charge in [0.2, 0.25) is 0 Å². The average Bonchev–Trinajstić information content (AvgIpc) is 2.10. The number of rotatable bonds is 8. The first-order valence-corrected chi connectivity index (χ1v) is 4.97. The summed E-state index contributed by atoms with van der Waals surface area (Å²) >= 11 is 0. The van der Waals surface area contributed by atoms with Crippen molar-refractivity contribution < 1.29 is 0 Å². The van der Waals surface area contributed by atoms with Crippen LogP contribution in [0.5, 0.6) is 0 Å². The van der Waals surface area contributed by atoms with Crippen molar-refractivity contribution >= 4 is 0 Å². The van der Waals surface area contributed by atoms with Crippen LogP contribution in [0.1, 0.15) is 26.2 Å². The highest BCUT2D eigenvalue weighted by Gasteiger charge is 2.00. The van der Waals surface area contributed by atoms with Gasteiger partial charge < -0.3 is 16.4 Å². The van der Waals surface area contributed by atoms with Crippen molar-refractivity contribution in [3.63, 3.8) is 0 Å². The van der Waals surface area contributed by atoms with Gasteiger partial charge in [-0.05, 0) is 32.5 Å². The van der Waals surface area contributed by atoms with Crippen molar-refractivity contribution in [1.82, 2.24) is 4.90 Å². The van der Waals surface area contributed by atoms with E-state index in [1.807, 2.05) is 0 Å². The van der Waals surface area contributed by atoms with Crippen molar-refractivity contribution in [1.29, 1.82) is 0 Å². The lowest BCUT2D eigenvalue weighted by atomic mass is 10.3. The minimum absolute atomic E-state index is 0.758. The minimum Gasteiger partial charge on any atom is -0.330 e. The van der Waals surface area contributed by atoms with Crippen molar-refractivity contribution in [2.75, 3.05) is 32.7 Å². The first kappa shape index (κ1) is 11.9. The molecule has 0 bridgehead atoms. The number of nitrogens with two attached hydrogens (primary N) is 2. The van der Waals surface area contributed by atoms with Crippen molar-refractivity contribution in [2.24, 2.45) is 11.5 Å². The third-order valence-corrected chi connectivity index (χ3v) is 1.95. The highest BCUT2D eigenvalue weighted by molar-refractivity contribution is 4.58. The molecule has 0 aliphatic rings. The quantitative estimate of drug-likeness (QED) is 0.558. The summed E-state index contributed by atoms with van der Waals surface area (Å²) in [5.41, 5.74) is 10.9. The third kappa shape index (κ3) is 6.58. The number of unbranched alkanes of at least 4 members (excludes halogenated alkanes) is 1. The van der Waals surface area contributed by atoms with E-state index in [4.69, 9.17) is 11.5 Å². The van der Waals surface area contributed by atoms with E-state index in [0.29, 0.717) is 0 Å². The molecule has 0 aromatic rings. The Balaban J connectivity index is 3.40. The molecule has 3 heteroatoms. The predicted molar refractivity (Wildman–Crippen MR) is 54.1 cm³/mol. The van der Waals surface area contributed by atoms with Crippen LogP contribution in [0.15, 0.2) is 0 Å². The summed E-state index contributed by atoms with van der Waals surface area (Å²) in [7, 11) is 0. The second-order valence-electron chi connectivity index (χ2n) is 3.13. The van der Waals surface area contributed by atoms with Gasteiger partial charge in [0.05, 0.1) is 0 Å². The van der Waals surface area contributed by atoms with Gasteiger partial charge in [0.15, 0.2) is 0 Å². The van der Waals surface area contributed by atoms with Crippen LogP contribution in [0.4, 0.5) is 0 Å². The van der Waals surface area contributed by atoms with Gasteiger partial charge in [-0.25, -0.2) is 0 Å². The summed E-state index contributed by atoms with van der Waals surface area (Å²) in [6.07, 6.45) is 3.61. The fraction of sp³-hybridized carbons (Fsp3) is 1.00. The lowest BCUT2D eigenvalue weighted by molar-refractivity contribution is 0.275. The average molecular weight is 173 g/mol. The summed E-state index contributed by atoms with van der Waals surface area (Å²) < 4.78 is 0. The summed E-state index contributed by atoms with van der Waals surface area (Å²) in [6.45, 7) is 7.05. The van der Waals surface area contributed by atoms with E-state index < -0.39 is 0 Å². The molecule has 0 atom stereocenters. The smallest absolute Gasteiger partial charge is 0.0105 e. The van der Waals surface area contributed by atoms with Crippen molar-refractivity contribution in [3.05, 3.63) is 0 Å². The standard InChI is InChI=1S/C9H23N3/c1-2-3-7-12(9-6-11)8-4-5-10/h2-11H2,1H3. The zero-order valence-electron chi connectivity index (χ0n) is 8.26. The van der Waals surface area contributed by atoms with Crippen molar-refractivity contribution in [3.8, 4) is 0 Å². The molecule has 0 aromatic heterocycles. The zero-order chi connectivity index (χ0) is 9.23. The fourth-order valence-electron chi connectivity index (χ4n) is 1.21. The van der Waals surface area contributed by atoms with E-state index in [1.165, 1.54) is 19.4 Å². The van der Waals surface area contributed by atoms with Crippen LogP contribution in [0, 0.1) is 0 Å². The lowest BCUT2D eigenvalue weighted by Gasteiger charge is -2.20. The Morgan fingerprint density at radius 1 is 0.917 bits per heavy atom. The van der Waals surface area contributed by atoms with Gasteiger partial charge in [0, 0.05) is 13.1 Å². The Morgan fingerprint density at radius 3 is 2.08 bits per heavy atom. The molecule has 0 saturated carbocycles. The second kappa shape index (κ2) is 8.97. The second-order valence-corrected chi connectivity index (χ2v) is 3.13. The predicted octanol–water partition coefficient (Wildman–Crippen LogP) is 0.396. The molecule has 0 aliphatic heterocycles. The largest absolute Gasteiger partial charge is 0.330 e. The zero-order valence-corrected chi connectivity index (χ0v) is 8.26. The van der Waals surface area contributed by atoms with Crippen LogP contribution in [0.3, 0.4) is 0 Å². The Bertz CT molecular complexity index is 77.8. The van der Waals surface area contributed by atoms with E-state index in [1.54, 1.807) is 0 Å². The Hall–Kier alpha value is -0.120. The molecule has 12 heavy (non-hydrogen) atoms. The molecule has 0 fully saturated rings. The van der Waals surface area contributed by atoms with Crippen LogP contribution < -0.4 is 11.5 Å². The molecule has 0 aromatic carbocycles. The molecule has 0 saturated heterocycles. The van der Waals surface area contributed by atoms with Gasteiger partial charge in [-0.1, -0.05) is 13.3 Å². The molecule has 0 heterocycles. The molecule has 4 N–H and O–H groups in total. The molecular weight excluding hydrogens is 150 g/mol. The lowest BCUT2D eigenvalue weighted by Crippen LogP contribution is -2.32. The van der Waals surface area contributed by atoms with Crippen LogP contribution in [-0.4, -0.2) is 37.6 Å². The molecule has 0 aliphatic carbocycles. The first-order chi connectivity index (χ1) is 5.85. The number of hydrogen-bond acceptors (Lipinski definition) is 3. The van der Waals surface area contributed by atoms with E-state index in [2.05, 4.69) is 11.8 Å². The molecule has 3 nitrogen and oxygen atoms in total. The summed E-state index contributed by atoms with van der Waals surface area (Å²) in [5, 5.41) is 0. The molecule has 74 valence electrons. The molecule has 0 rings (SSSR count). The molecule has 0 spiro atoms. The highest BCUT2D eigenvalue weighted by atomic mass is 15.1. The van der Waals surface area contributed by atoms with Crippen molar-refractivity contribution in [2.45, 2.75) is 26.2 Å². The molecule has 0 amide bonds. The maximum Gasteiger partial charge on any atom is 0.0105 e. The fourth-order valence-corrected chi connectivity index (χ4v) is 1.21. The monoisotopic (exact) mass is 173 g/mol. The van der Waals surface area contributed by atoms with Gasteiger partial charge in [-0.2, -0.15) is 0 Å². The van der Waals surface area contributed by atoms with Gasteiger partial charge in [0.1, 0.15) is 0 Å². The number of nitrogens with zero attached hydrogens (tertiary/aromatic N) is 1. The van der Waals surface area contributed by atoms with E-state index in [0.717, 1.165) is 32.6 Å². The highest BCUT2D eigenvalue weighted by Crippen LogP contribution is 1.95. The summed E-state index contributed by atoms with van der Waals surface area (Å²) in [5.74, 6) is 0. The maximum absolute atomic E-state index is 5.50. The Labute approximate surface area is 76.1 Å². The van der Waals surface area contributed by atoms with Gasteiger partial charge in [0.25, 0.3) is 0 Å². The Kier molecular flexibility index (Phi) is 8.88. The normalized spacial score (nSPS) is 11.0. The molecule has 0 radical (unpaired) electrons. The van der Waals surface area contributed by atoms with E-state index in [-0.39, 0.29) is 0 Å². The SMILES string of the molecule is CCCCN(CCN)CCCN. The van der Waals surface area contributed by atoms with Gasteiger partial charge in [-0.15, -0.1) is 0 Å². The topological polar surface area (TPSA) is 55.3 Å². The minimum atomic E-state index is 0.758. The van der Waals surface area contributed by atoms with Crippen LogP contribution in [-0.2, 0) is 0 Å². The van der Waals surface area contributed by atoms with Gasteiger partial charge >= 0.3 is 0 Å². The van der Waals surface area contributed by atoms with E-state index >= 15 is 0 Å². The maximum atomic E-state index is 5.50. The summed E-state index contributed by atoms with van der Waals surface area (Å²) in [4.78, 5) is 2.40. The molecular formula is C9H23N3. The van der Waals surface area contributed by atoms with Gasteiger partial charge in [-0.3, -0.25) is 0 Å². The van der Waals surface area contributed by atoms with E-state index in [9.17, 15) is 0 Å². The summed E-state index contributed by atoms with van der Waals surface area (Å²) in [6, 6.07) is 0.